The monoisotopic (exact) mass is 159 g/mol. The van der Waals surface area contributed by atoms with Gasteiger partial charge in [0.25, 0.3) is 0 Å². The fourth-order valence-electron chi connectivity index (χ4n) is 0.429. The molecule has 0 spiro atoms. The highest BCUT2D eigenvalue weighted by Gasteiger charge is 2.35. The molecule has 0 bridgehead atoms. The molecule has 0 atom stereocenters. The van der Waals surface area contributed by atoms with Gasteiger partial charge >= 0.3 is 7.62 Å². The standard InChI is InChI=1S/C7H18BNO2/c1-6(2,10)7(3,4)11-8-9-5/h8-10H,1-5H3. The molecule has 0 unspecified atom stereocenters. The number of nitrogens with one attached hydrogen (secondary N) is 1. The van der Waals surface area contributed by atoms with Crippen LogP contribution in [0.5, 0.6) is 0 Å². The van der Waals surface area contributed by atoms with Gasteiger partial charge in [-0.05, 0) is 34.7 Å². The van der Waals surface area contributed by atoms with E-state index >= 15 is 0 Å². The molecule has 0 aromatic heterocycles. The average molecular weight is 159 g/mol. The number of aliphatic hydroxyl groups is 1. The van der Waals surface area contributed by atoms with Gasteiger partial charge in [-0.2, -0.15) is 0 Å². The van der Waals surface area contributed by atoms with Gasteiger partial charge in [-0.25, -0.2) is 0 Å². The second-order valence-electron chi connectivity index (χ2n) is 3.71. The third-order valence-corrected chi connectivity index (χ3v) is 2.05. The first-order chi connectivity index (χ1) is 4.81. The van der Waals surface area contributed by atoms with Crippen LogP contribution in [0.1, 0.15) is 27.7 Å². The SMILES string of the molecule is CNBOC(C)(C)C(C)(C)O. The minimum Gasteiger partial charge on any atom is -0.416 e. The largest absolute Gasteiger partial charge is 0.416 e. The van der Waals surface area contributed by atoms with E-state index in [1.54, 1.807) is 20.9 Å². The zero-order valence-electron chi connectivity index (χ0n) is 8.06. The Hall–Kier alpha value is -0.0551. The number of hydrogen-bond donors (Lipinski definition) is 2. The maximum atomic E-state index is 9.62. The molecule has 2 N–H and O–H groups in total. The first kappa shape index (κ1) is 10.9. The summed E-state index contributed by atoms with van der Waals surface area (Å²) in [7, 11) is 2.26. The average Bonchev–Trinajstić information content (AvgIpc) is 1.81. The van der Waals surface area contributed by atoms with Crippen molar-refractivity contribution in [3.63, 3.8) is 0 Å². The van der Waals surface area contributed by atoms with E-state index in [1.807, 2.05) is 13.8 Å². The van der Waals surface area contributed by atoms with E-state index < -0.39 is 11.2 Å². The van der Waals surface area contributed by atoms with Crippen molar-refractivity contribution in [2.45, 2.75) is 38.9 Å². The summed E-state index contributed by atoms with van der Waals surface area (Å²) in [5.41, 5.74) is -1.33. The first-order valence-corrected chi connectivity index (χ1v) is 3.82. The zero-order chi connectivity index (χ0) is 9.12. The zero-order valence-corrected chi connectivity index (χ0v) is 8.06. The Kier molecular flexibility index (Phi) is 3.54. The van der Waals surface area contributed by atoms with Crippen molar-refractivity contribution in [2.75, 3.05) is 7.05 Å². The molecule has 0 heterocycles. The summed E-state index contributed by atoms with van der Waals surface area (Å²) < 4.78 is 5.38. The van der Waals surface area contributed by atoms with Crippen LogP contribution in [0.2, 0.25) is 0 Å². The molecular weight excluding hydrogens is 141 g/mol. The lowest BCUT2D eigenvalue weighted by Gasteiger charge is -2.37. The van der Waals surface area contributed by atoms with Gasteiger partial charge in [-0.3, -0.25) is 0 Å². The molecule has 4 heteroatoms. The Morgan fingerprint density at radius 1 is 1.27 bits per heavy atom. The molecule has 0 aliphatic rings. The van der Waals surface area contributed by atoms with E-state index in [9.17, 15) is 5.11 Å². The van der Waals surface area contributed by atoms with Gasteiger partial charge < -0.3 is 15.0 Å². The van der Waals surface area contributed by atoms with Crippen molar-refractivity contribution in [1.29, 1.82) is 0 Å². The summed E-state index contributed by atoms with van der Waals surface area (Å²) in [5.74, 6) is 0. The molecule has 0 saturated heterocycles. The molecule has 0 aliphatic carbocycles. The first-order valence-electron chi connectivity index (χ1n) is 3.82. The molecule has 0 amide bonds. The lowest BCUT2D eigenvalue weighted by Crippen LogP contribution is -2.49. The topological polar surface area (TPSA) is 41.5 Å². The van der Waals surface area contributed by atoms with E-state index in [0.717, 1.165) is 0 Å². The van der Waals surface area contributed by atoms with Crippen LogP contribution in [0.25, 0.3) is 0 Å². The van der Waals surface area contributed by atoms with Crippen LogP contribution in [0.3, 0.4) is 0 Å². The molecule has 0 rings (SSSR count). The van der Waals surface area contributed by atoms with Gasteiger partial charge in [0.15, 0.2) is 0 Å². The van der Waals surface area contributed by atoms with Crippen LogP contribution in [0, 0.1) is 0 Å². The summed E-state index contributed by atoms with van der Waals surface area (Å²) in [5, 5.41) is 12.5. The molecule has 3 nitrogen and oxygen atoms in total. The van der Waals surface area contributed by atoms with Gasteiger partial charge in [-0.15, -0.1) is 0 Å². The summed E-state index contributed by atoms with van der Waals surface area (Å²) in [6.45, 7) is 7.21. The number of hydrogen-bond acceptors (Lipinski definition) is 3. The van der Waals surface area contributed by atoms with Crippen LogP contribution in [-0.4, -0.2) is 31.0 Å². The summed E-state index contributed by atoms with van der Waals surface area (Å²) in [4.78, 5) is 0. The summed E-state index contributed by atoms with van der Waals surface area (Å²) in [6, 6.07) is 0. The van der Waals surface area contributed by atoms with Gasteiger partial charge in [0.1, 0.15) is 0 Å². The van der Waals surface area contributed by atoms with Crippen LogP contribution in [-0.2, 0) is 4.65 Å². The van der Waals surface area contributed by atoms with Crippen molar-refractivity contribution < 1.29 is 9.76 Å². The van der Waals surface area contributed by atoms with E-state index in [-0.39, 0.29) is 0 Å². The Bertz CT molecular complexity index is 120. The van der Waals surface area contributed by atoms with Crippen LogP contribution >= 0.6 is 0 Å². The molecule has 0 radical (unpaired) electrons. The lowest BCUT2D eigenvalue weighted by atomic mass is 9.88. The molecule has 0 aliphatic heterocycles. The van der Waals surface area contributed by atoms with Crippen molar-refractivity contribution in [3.05, 3.63) is 0 Å². The summed E-state index contributed by atoms with van der Waals surface area (Å²) >= 11 is 0. The van der Waals surface area contributed by atoms with Crippen molar-refractivity contribution >= 4 is 7.62 Å². The van der Waals surface area contributed by atoms with Gasteiger partial charge in [0.2, 0.25) is 0 Å². The lowest BCUT2D eigenvalue weighted by molar-refractivity contribution is -0.0910. The fourth-order valence-corrected chi connectivity index (χ4v) is 0.429. The minimum atomic E-state index is -0.816. The normalized spacial score (nSPS) is 13.3. The highest BCUT2D eigenvalue weighted by Crippen LogP contribution is 2.23. The third kappa shape index (κ3) is 3.23. The second-order valence-corrected chi connectivity index (χ2v) is 3.71. The van der Waals surface area contributed by atoms with Crippen molar-refractivity contribution in [1.82, 2.24) is 5.23 Å². The predicted octanol–water partition coefficient (Wildman–Crippen LogP) is 0.0384. The molecule has 0 saturated carbocycles. The fraction of sp³-hybridized carbons (Fsp3) is 1.00. The van der Waals surface area contributed by atoms with E-state index in [4.69, 9.17) is 4.65 Å². The van der Waals surface area contributed by atoms with Gasteiger partial charge in [0, 0.05) is 0 Å². The highest BCUT2D eigenvalue weighted by atomic mass is 16.5. The van der Waals surface area contributed by atoms with Crippen LogP contribution in [0.4, 0.5) is 0 Å². The predicted molar refractivity (Wildman–Crippen MR) is 47.7 cm³/mol. The Morgan fingerprint density at radius 3 is 2.00 bits per heavy atom. The highest BCUT2D eigenvalue weighted by molar-refractivity contribution is 6.23. The van der Waals surface area contributed by atoms with Crippen LogP contribution < -0.4 is 5.23 Å². The van der Waals surface area contributed by atoms with E-state index in [0.29, 0.717) is 7.62 Å². The number of rotatable bonds is 4. The molecule has 0 fully saturated rings. The van der Waals surface area contributed by atoms with E-state index in [1.165, 1.54) is 0 Å². The summed E-state index contributed by atoms with van der Waals surface area (Å²) in [6.07, 6.45) is 0. The molecular formula is C7H18BNO2. The van der Waals surface area contributed by atoms with Crippen LogP contribution in [0.15, 0.2) is 0 Å². The quantitative estimate of drug-likeness (QED) is 0.569. The smallest absolute Gasteiger partial charge is 0.360 e. The Labute approximate surface area is 69.4 Å². The molecule has 0 aromatic carbocycles. The molecule has 11 heavy (non-hydrogen) atoms. The third-order valence-electron chi connectivity index (χ3n) is 2.05. The maximum Gasteiger partial charge on any atom is 0.360 e. The van der Waals surface area contributed by atoms with Gasteiger partial charge in [0.05, 0.1) is 11.2 Å². The molecule has 0 aromatic rings. The maximum absolute atomic E-state index is 9.62. The minimum absolute atomic E-state index is 0.455. The second kappa shape index (κ2) is 3.56. The van der Waals surface area contributed by atoms with Crippen molar-refractivity contribution in [2.24, 2.45) is 0 Å². The Morgan fingerprint density at radius 2 is 1.73 bits per heavy atom. The van der Waals surface area contributed by atoms with Crippen molar-refractivity contribution in [3.8, 4) is 0 Å². The van der Waals surface area contributed by atoms with E-state index in [2.05, 4.69) is 5.23 Å². The Balaban J connectivity index is 4.00. The molecule has 66 valence electrons. The van der Waals surface area contributed by atoms with Gasteiger partial charge in [-0.1, -0.05) is 0 Å².